The molecule has 0 aliphatic heterocycles. The quantitative estimate of drug-likeness (QED) is 0.339. The molecule has 0 atom stereocenters. The molecule has 0 fully saturated rings. The number of carbonyl (C=O) groups is 1. The molecule has 0 saturated heterocycles. The average Bonchev–Trinajstić information content (AvgIpc) is 2.48. The summed E-state index contributed by atoms with van der Waals surface area (Å²) in [5.74, 6) is -0.387. The van der Waals surface area contributed by atoms with Crippen molar-refractivity contribution in [1.82, 2.24) is 9.55 Å². The standard InChI is InChI=1S/C13H10IN3O4/c1-8-12(14)13(19)16(7-15-8)6-11(18)9-3-2-4-10(5-9)17(20)21/h2-5,7H,6H2,1H3. The van der Waals surface area contributed by atoms with Crippen molar-refractivity contribution in [1.29, 1.82) is 0 Å². The number of carbonyl (C=O) groups excluding carboxylic acids is 1. The van der Waals surface area contributed by atoms with Crippen LogP contribution in [-0.4, -0.2) is 20.3 Å². The van der Waals surface area contributed by atoms with Crippen molar-refractivity contribution in [2.75, 3.05) is 0 Å². The summed E-state index contributed by atoms with van der Waals surface area (Å²) in [4.78, 5) is 38.3. The molecule has 0 aliphatic rings. The van der Waals surface area contributed by atoms with E-state index in [1.165, 1.54) is 35.2 Å². The Labute approximate surface area is 132 Å². The number of rotatable bonds is 4. The molecule has 1 aromatic carbocycles. The molecule has 108 valence electrons. The van der Waals surface area contributed by atoms with Crippen molar-refractivity contribution in [2.24, 2.45) is 0 Å². The van der Waals surface area contributed by atoms with E-state index in [1.54, 1.807) is 6.92 Å². The largest absolute Gasteiger partial charge is 0.292 e. The molecule has 0 bridgehead atoms. The van der Waals surface area contributed by atoms with Crippen LogP contribution in [0, 0.1) is 20.6 Å². The molecule has 0 amide bonds. The highest BCUT2D eigenvalue weighted by Gasteiger charge is 2.14. The number of halogens is 1. The summed E-state index contributed by atoms with van der Waals surface area (Å²) in [7, 11) is 0. The van der Waals surface area contributed by atoms with E-state index < -0.39 is 4.92 Å². The Morgan fingerprint density at radius 1 is 1.48 bits per heavy atom. The lowest BCUT2D eigenvalue weighted by atomic mass is 10.1. The van der Waals surface area contributed by atoms with Crippen LogP contribution in [0.1, 0.15) is 16.1 Å². The van der Waals surface area contributed by atoms with E-state index in [0.717, 1.165) is 0 Å². The van der Waals surface area contributed by atoms with E-state index in [1.807, 2.05) is 22.6 Å². The van der Waals surface area contributed by atoms with E-state index in [9.17, 15) is 19.7 Å². The second-order valence-electron chi connectivity index (χ2n) is 4.31. The van der Waals surface area contributed by atoms with Crippen molar-refractivity contribution >= 4 is 34.1 Å². The first kappa shape index (κ1) is 15.3. The fraction of sp³-hybridized carbons (Fsp3) is 0.154. The van der Waals surface area contributed by atoms with Gasteiger partial charge < -0.3 is 0 Å². The number of aromatic nitrogens is 2. The van der Waals surface area contributed by atoms with Crippen LogP contribution in [0.4, 0.5) is 5.69 Å². The highest BCUT2D eigenvalue weighted by Crippen LogP contribution is 2.14. The molecule has 0 N–H and O–H groups in total. The molecule has 2 rings (SSSR count). The first-order valence-electron chi connectivity index (χ1n) is 5.89. The Bertz CT molecular complexity index is 785. The molecule has 7 nitrogen and oxygen atoms in total. The van der Waals surface area contributed by atoms with Crippen molar-refractivity contribution in [3.05, 3.63) is 65.9 Å². The molecule has 1 heterocycles. The van der Waals surface area contributed by atoms with Crippen LogP contribution >= 0.6 is 22.6 Å². The zero-order chi connectivity index (χ0) is 15.6. The van der Waals surface area contributed by atoms with Gasteiger partial charge in [0.2, 0.25) is 0 Å². The molecule has 0 aliphatic carbocycles. The number of nitrogens with zero attached hydrogens (tertiary/aromatic N) is 3. The van der Waals surface area contributed by atoms with Crippen molar-refractivity contribution in [3.8, 4) is 0 Å². The molecular formula is C13H10IN3O4. The van der Waals surface area contributed by atoms with Gasteiger partial charge in [-0.15, -0.1) is 0 Å². The van der Waals surface area contributed by atoms with E-state index in [-0.39, 0.29) is 29.1 Å². The zero-order valence-electron chi connectivity index (χ0n) is 10.9. The van der Waals surface area contributed by atoms with Gasteiger partial charge >= 0.3 is 0 Å². The molecule has 0 saturated carbocycles. The molecule has 2 aromatic rings. The molecule has 0 unspecified atom stereocenters. The monoisotopic (exact) mass is 399 g/mol. The molecule has 0 radical (unpaired) electrons. The maximum atomic E-state index is 12.1. The highest BCUT2D eigenvalue weighted by atomic mass is 127. The van der Waals surface area contributed by atoms with Crippen LogP contribution in [0.25, 0.3) is 0 Å². The third-order valence-electron chi connectivity index (χ3n) is 2.85. The predicted octanol–water partition coefficient (Wildman–Crippen LogP) is 1.95. The lowest BCUT2D eigenvalue weighted by molar-refractivity contribution is -0.384. The number of hydrogen-bond donors (Lipinski definition) is 0. The summed E-state index contributed by atoms with van der Waals surface area (Å²) >= 11 is 1.87. The summed E-state index contributed by atoms with van der Waals surface area (Å²) in [6, 6.07) is 5.41. The Kier molecular flexibility index (Phi) is 4.46. The van der Waals surface area contributed by atoms with Crippen LogP contribution < -0.4 is 5.56 Å². The maximum Gasteiger partial charge on any atom is 0.270 e. The van der Waals surface area contributed by atoms with E-state index in [4.69, 9.17) is 0 Å². The van der Waals surface area contributed by atoms with Crippen LogP contribution in [0.3, 0.4) is 0 Å². The molecule has 21 heavy (non-hydrogen) atoms. The van der Waals surface area contributed by atoms with Gasteiger partial charge in [0.25, 0.3) is 11.2 Å². The summed E-state index contributed by atoms with van der Waals surface area (Å²) in [5.41, 5.74) is 0.318. The normalized spacial score (nSPS) is 10.4. The Morgan fingerprint density at radius 3 is 2.86 bits per heavy atom. The number of ketones is 1. The number of aryl methyl sites for hydroxylation is 1. The van der Waals surface area contributed by atoms with Gasteiger partial charge in [0.05, 0.1) is 27.1 Å². The minimum atomic E-state index is -0.570. The van der Waals surface area contributed by atoms with Crippen LogP contribution in [0.15, 0.2) is 35.4 Å². The molecule has 1 aromatic heterocycles. The summed E-state index contributed by atoms with van der Waals surface area (Å²) in [6.45, 7) is 1.50. The maximum absolute atomic E-state index is 12.1. The van der Waals surface area contributed by atoms with Gasteiger partial charge in [0.15, 0.2) is 5.78 Å². The van der Waals surface area contributed by atoms with Crippen LogP contribution in [0.5, 0.6) is 0 Å². The number of hydrogen-bond acceptors (Lipinski definition) is 5. The highest BCUT2D eigenvalue weighted by molar-refractivity contribution is 14.1. The lowest BCUT2D eigenvalue weighted by Crippen LogP contribution is -2.27. The fourth-order valence-corrected chi connectivity index (χ4v) is 2.15. The fourth-order valence-electron chi connectivity index (χ4n) is 1.70. The number of non-ortho nitro benzene ring substituents is 1. The van der Waals surface area contributed by atoms with Gasteiger partial charge in [0, 0.05) is 17.7 Å². The lowest BCUT2D eigenvalue weighted by Gasteiger charge is -2.06. The first-order valence-corrected chi connectivity index (χ1v) is 6.97. The van der Waals surface area contributed by atoms with Gasteiger partial charge in [-0.05, 0) is 29.5 Å². The smallest absolute Gasteiger partial charge is 0.270 e. The third kappa shape index (κ3) is 3.32. The molecular weight excluding hydrogens is 389 g/mol. The van der Waals surface area contributed by atoms with Crippen LogP contribution in [0.2, 0.25) is 0 Å². The van der Waals surface area contributed by atoms with Gasteiger partial charge in [-0.25, -0.2) is 4.98 Å². The van der Waals surface area contributed by atoms with E-state index in [2.05, 4.69) is 4.98 Å². The van der Waals surface area contributed by atoms with E-state index in [0.29, 0.717) is 9.26 Å². The SMILES string of the molecule is Cc1ncn(CC(=O)c2cccc([N+](=O)[O-])c2)c(=O)c1I. The van der Waals surface area contributed by atoms with Crippen molar-refractivity contribution in [2.45, 2.75) is 13.5 Å². The van der Waals surface area contributed by atoms with Crippen LogP contribution in [-0.2, 0) is 6.54 Å². The molecule has 0 spiro atoms. The zero-order valence-corrected chi connectivity index (χ0v) is 13.1. The second kappa shape index (κ2) is 6.12. The number of nitro benzene ring substituents is 1. The number of nitro groups is 1. The number of benzene rings is 1. The summed E-state index contributed by atoms with van der Waals surface area (Å²) < 4.78 is 1.64. The van der Waals surface area contributed by atoms with Gasteiger partial charge in [0.1, 0.15) is 0 Å². The average molecular weight is 399 g/mol. The molecule has 8 heteroatoms. The Morgan fingerprint density at radius 2 is 2.19 bits per heavy atom. The minimum absolute atomic E-state index is 0.162. The number of Topliss-reactive ketones (excluding diaryl/α,β-unsaturated/α-hetero) is 1. The van der Waals surface area contributed by atoms with Crippen molar-refractivity contribution in [3.63, 3.8) is 0 Å². The van der Waals surface area contributed by atoms with E-state index >= 15 is 0 Å². The first-order chi connectivity index (χ1) is 9.90. The summed E-state index contributed by atoms with van der Waals surface area (Å²) in [6.07, 6.45) is 1.30. The third-order valence-corrected chi connectivity index (χ3v) is 4.09. The van der Waals surface area contributed by atoms with Gasteiger partial charge in [-0.3, -0.25) is 24.3 Å². The van der Waals surface area contributed by atoms with Gasteiger partial charge in [-0.1, -0.05) is 12.1 Å². The van der Waals surface area contributed by atoms with Gasteiger partial charge in [-0.2, -0.15) is 0 Å². The predicted molar refractivity (Wildman–Crippen MR) is 83.4 cm³/mol. The minimum Gasteiger partial charge on any atom is -0.292 e. The summed E-state index contributed by atoms with van der Waals surface area (Å²) in [5, 5.41) is 10.7. The van der Waals surface area contributed by atoms with Crippen molar-refractivity contribution < 1.29 is 9.72 Å². The Balaban J connectivity index is 2.31. The second-order valence-corrected chi connectivity index (χ2v) is 5.39. The Hall–Kier alpha value is -2.10. The topological polar surface area (TPSA) is 95.1 Å².